The molecular weight excluding hydrogens is 492 g/mol. The molecule has 0 aromatic rings. The molecule has 3 fully saturated rings. The van der Waals surface area contributed by atoms with Gasteiger partial charge in [-0.25, -0.2) is 0 Å². The number of rotatable bonds is 5. The monoisotopic (exact) mass is 522 g/mol. The number of carbonyl (C=O) groups is 4. The highest BCUT2D eigenvalue weighted by Crippen LogP contribution is 2.72. The summed E-state index contributed by atoms with van der Waals surface area (Å²) in [6.45, 7) is 6.97. The van der Waals surface area contributed by atoms with Gasteiger partial charge in [0.2, 0.25) is 5.78 Å². The van der Waals surface area contributed by atoms with Crippen molar-refractivity contribution in [3.63, 3.8) is 0 Å². The van der Waals surface area contributed by atoms with E-state index in [2.05, 4.69) is 22.9 Å². The van der Waals surface area contributed by atoms with Crippen molar-refractivity contribution in [2.45, 2.75) is 69.4 Å². The second-order valence-corrected chi connectivity index (χ2v) is 11.9. The molecule has 4 aliphatic rings. The van der Waals surface area contributed by atoms with Crippen LogP contribution in [0.4, 0.5) is 0 Å². The quantitative estimate of drug-likeness (QED) is 0.335. The Labute approximate surface area is 202 Å². The Bertz CT molecular complexity index is 972. The molecule has 0 amide bonds. The van der Waals surface area contributed by atoms with E-state index < -0.39 is 45.2 Å². The molecule has 1 N–H and O–H groups in total. The Morgan fingerprint density at radius 1 is 1.30 bits per heavy atom. The molecule has 0 unspecified atom stereocenters. The van der Waals surface area contributed by atoms with Crippen LogP contribution in [0.1, 0.15) is 53.4 Å². The molecule has 0 aliphatic heterocycles. The average Bonchev–Trinajstić information content (AvgIpc) is 2.95. The molecule has 7 nitrogen and oxygen atoms in total. The Balaban J connectivity index is 1.81. The molecule has 0 aromatic heterocycles. The van der Waals surface area contributed by atoms with Crippen molar-refractivity contribution in [3.8, 4) is 0 Å². The minimum Gasteiger partial charge on any atom is -0.463 e. The fourth-order valence-corrected chi connectivity index (χ4v) is 8.80. The maximum atomic E-state index is 13.3. The van der Waals surface area contributed by atoms with Crippen LogP contribution in [-0.2, 0) is 28.7 Å². The maximum Gasteiger partial charge on any atom is 0.303 e. The van der Waals surface area contributed by atoms with Crippen molar-refractivity contribution >= 4 is 39.9 Å². The third-order valence-electron chi connectivity index (χ3n) is 9.25. The molecule has 3 saturated carbocycles. The highest BCUT2D eigenvalue weighted by atomic mass is 79.9. The van der Waals surface area contributed by atoms with Crippen LogP contribution in [-0.4, -0.2) is 51.8 Å². The molecule has 8 heteroatoms. The zero-order chi connectivity index (χ0) is 24.4. The molecule has 0 spiro atoms. The lowest BCUT2D eigenvalue weighted by molar-refractivity contribution is -0.185. The molecule has 8 atom stereocenters. The number of alkyl halides is 1. The van der Waals surface area contributed by atoms with Gasteiger partial charge in [-0.3, -0.25) is 19.2 Å². The number of hydrogen-bond acceptors (Lipinski definition) is 7. The average molecular weight is 523 g/mol. The van der Waals surface area contributed by atoms with Gasteiger partial charge in [0.15, 0.2) is 12.4 Å². The van der Waals surface area contributed by atoms with Crippen molar-refractivity contribution < 1.29 is 33.8 Å². The maximum absolute atomic E-state index is 13.3. The minimum atomic E-state index is -1.72. The van der Waals surface area contributed by atoms with Crippen LogP contribution in [0.5, 0.6) is 0 Å². The largest absolute Gasteiger partial charge is 0.463 e. The van der Waals surface area contributed by atoms with Gasteiger partial charge in [-0.2, -0.15) is 0 Å². The Morgan fingerprint density at radius 2 is 2.00 bits per heavy atom. The zero-order valence-corrected chi connectivity index (χ0v) is 21.0. The van der Waals surface area contributed by atoms with Crippen molar-refractivity contribution in [1.82, 2.24) is 0 Å². The Kier molecular flexibility index (Phi) is 5.80. The van der Waals surface area contributed by atoms with Gasteiger partial charge in [0.1, 0.15) is 11.7 Å². The number of aliphatic hydroxyl groups is 1. The van der Waals surface area contributed by atoms with Crippen LogP contribution in [0.15, 0.2) is 23.8 Å². The number of ketones is 2. The van der Waals surface area contributed by atoms with E-state index in [1.807, 2.05) is 19.9 Å². The van der Waals surface area contributed by atoms with Crippen LogP contribution in [0.2, 0.25) is 0 Å². The second kappa shape index (κ2) is 7.87. The number of hydrogen-bond donors (Lipinski definition) is 1. The van der Waals surface area contributed by atoms with Crippen molar-refractivity contribution in [1.29, 1.82) is 0 Å². The standard InChI is InChI=1S/C25H31BrO7/c1-14-9-19-18-6-5-16-10-17(29)7-8-22(16,3)24(18,26)21(33-13-27)11-23(19,4)25(14,31)20(30)12-32-15(2)28/h7-8,10,13-14,18-19,21,31H,5-6,9,11-12H2,1-4H3/t14-,18-,19-,21-,22-,23-,24-,25-/m0/s1. The van der Waals surface area contributed by atoms with Crippen molar-refractivity contribution in [3.05, 3.63) is 23.8 Å². The summed E-state index contributed by atoms with van der Waals surface area (Å²) in [4.78, 5) is 48.3. The van der Waals surface area contributed by atoms with Crippen LogP contribution in [0, 0.1) is 28.6 Å². The lowest BCUT2D eigenvalue weighted by Crippen LogP contribution is -2.69. The van der Waals surface area contributed by atoms with Crippen molar-refractivity contribution in [2.24, 2.45) is 28.6 Å². The van der Waals surface area contributed by atoms with Crippen LogP contribution >= 0.6 is 15.9 Å². The third-order valence-corrected chi connectivity index (χ3v) is 11.2. The molecule has 0 aromatic carbocycles. The second-order valence-electron chi connectivity index (χ2n) is 10.6. The number of fused-ring (bicyclic) bond motifs is 5. The Morgan fingerprint density at radius 3 is 2.64 bits per heavy atom. The van der Waals surface area contributed by atoms with E-state index in [0.717, 1.165) is 12.0 Å². The van der Waals surface area contributed by atoms with Gasteiger partial charge >= 0.3 is 5.97 Å². The summed E-state index contributed by atoms with van der Waals surface area (Å²) < 4.78 is 9.96. The number of allylic oxidation sites excluding steroid dienone is 4. The van der Waals surface area contributed by atoms with E-state index in [1.54, 1.807) is 12.2 Å². The third kappa shape index (κ3) is 3.09. The number of carbonyl (C=O) groups excluding carboxylic acids is 4. The molecule has 4 aliphatic carbocycles. The topological polar surface area (TPSA) is 107 Å². The number of ether oxygens (including phenoxy) is 2. The van der Waals surface area contributed by atoms with E-state index in [0.29, 0.717) is 19.3 Å². The lowest BCUT2D eigenvalue weighted by atomic mass is 9.46. The van der Waals surface area contributed by atoms with Gasteiger partial charge in [0, 0.05) is 17.8 Å². The smallest absolute Gasteiger partial charge is 0.303 e. The molecule has 4 rings (SSSR count). The number of esters is 1. The summed E-state index contributed by atoms with van der Waals surface area (Å²) in [5.41, 5.74) is -2.17. The minimum absolute atomic E-state index is 0.0285. The molecular formula is C25H31BrO7. The van der Waals surface area contributed by atoms with E-state index in [-0.39, 0.29) is 30.0 Å². The van der Waals surface area contributed by atoms with Gasteiger partial charge in [-0.05, 0) is 55.6 Å². The molecule has 0 bridgehead atoms. The van der Waals surface area contributed by atoms with Gasteiger partial charge in [-0.1, -0.05) is 48.4 Å². The number of halogens is 1. The molecule has 33 heavy (non-hydrogen) atoms. The van der Waals surface area contributed by atoms with Gasteiger partial charge in [-0.15, -0.1) is 0 Å². The molecule has 0 radical (unpaired) electrons. The summed E-state index contributed by atoms with van der Waals surface area (Å²) in [6, 6.07) is 0. The highest BCUT2D eigenvalue weighted by molar-refractivity contribution is 9.10. The fourth-order valence-electron chi connectivity index (χ4n) is 7.60. The van der Waals surface area contributed by atoms with Gasteiger partial charge in [0.05, 0.1) is 4.32 Å². The lowest BCUT2D eigenvalue weighted by Gasteiger charge is -2.64. The highest BCUT2D eigenvalue weighted by Gasteiger charge is 2.75. The normalized spacial score (nSPS) is 45.9. The first-order valence-corrected chi connectivity index (χ1v) is 12.3. The first-order chi connectivity index (χ1) is 15.4. The summed E-state index contributed by atoms with van der Waals surface area (Å²) in [7, 11) is 0. The fraction of sp³-hybridized carbons (Fsp3) is 0.680. The van der Waals surface area contributed by atoms with Crippen LogP contribution in [0.25, 0.3) is 0 Å². The predicted molar refractivity (Wildman–Crippen MR) is 122 cm³/mol. The van der Waals surface area contributed by atoms with Crippen LogP contribution < -0.4 is 0 Å². The first-order valence-electron chi connectivity index (χ1n) is 11.5. The summed E-state index contributed by atoms with van der Waals surface area (Å²) in [6.07, 6.45) is 6.82. The van der Waals surface area contributed by atoms with E-state index in [1.165, 1.54) is 6.92 Å². The molecule has 0 saturated heterocycles. The van der Waals surface area contributed by atoms with E-state index in [9.17, 15) is 24.3 Å². The summed E-state index contributed by atoms with van der Waals surface area (Å²) in [5.74, 6) is -1.59. The number of Topliss-reactive ketones (excluding diaryl/α,β-unsaturated/α-hetero) is 1. The molecule has 180 valence electrons. The van der Waals surface area contributed by atoms with E-state index >= 15 is 0 Å². The van der Waals surface area contributed by atoms with Crippen LogP contribution in [0.3, 0.4) is 0 Å². The summed E-state index contributed by atoms with van der Waals surface area (Å²) in [5, 5.41) is 11.9. The SMILES string of the molecule is CC(=O)OCC(=O)[C@@]1(O)[C@@H](C)C[C@H]2[C@@H]3CCC4=CC(=O)C=C[C@]4(C)[C@@]3(Br)[C@@H](OC=O)C[C@@]21C. The zero-order valence-electron chi connectivity index (χ0n) is 19.4. The predicted octanol–water partition coefficient (Wildman–Crippen LogP) is 3.07. The first kappa shape index (κ1) is 24.3. The Hall–Kier alpha value is -1.80. The van der Waals surface area contributed by atoms with E-state index in [4.69, 9.17) is 9.47 Å². The summed E-state index contributed by atoms with van der Waals surface area (Å²) >= 11 is 4.04. The van der Waals surface area contributed by atoms with Crippen molar-refractivity contribution in [2.75, 3.05) is 6.61 Å². The molecule has 0 heterocycles. The van der Waals surface area contributed by atoms with Gasteiger partial charge in [0.25, 0.3) is 6.47 Å². The van der Waals surface area contributed by atoms with Gasteiger partial charge < -0.3 is 14.6 Å².